The quantitative estimate of drug-likeness (QED) is 0.182. The lowest BCUT2D eigenvalue weighted by atomic mass is 10.2. The maximum Gasteiger partial charge on any atom is 0.106 e. The lowest BCUT2D eigenvalue weighted by molar-refractivity contribution is 0.286. The van der Waals surface area contributed by atoms with Crippen molar-refractivity contribution in [2.45, 2.75) is 19.6 Å². The molecular weight excluding hydrogens is 541 g/mol. The Bertz CT molecular complexity index is 1330. The van der Waals surface area contributed by atoms with Gasteiger partial charge in [0.25, 0.3) is 0 Å². The highest BCUT2D eigenvalue weighted by Gasteiger charge is 2.14. The molecular formula is C33H28O3S3. The molecule has 39 heavy (non-hydrogen) atoms. The molecule has 2 aliphatic heterocycles. The van der Waals surface area contributed by atoms with Gasteiger partial charge in [-0.15, -0.1) is 0 Å². The lowest BCUT2D eigenvalue weighted by Gasteiger charge is -2.17. The van der Waals surface area contributed by atoms with Gasteiger partial charge in [0.1, 0.15) is 6.61 Å². The fourth-order valence-electron chi connectivity index (χ4n) is 3.18. The van der Waals surface area contributed by atoms with Gasteiger partial charge in [-0.1, -0.05) is 90.3 Å². The van der Waals surface area contributed by atoms with Crippen LogP contribution in [0.3, 0.4) is 0 Å². The number of hydrogen-bond acceptors (Lipinski definition) is 6. The van der Waals surface area contributed by atoms with E-state index in [2.05, 4.69) is 52.9 Å². The topological polar surface area (TPSA) is 35.5 Å². The SMILES string of the molecule is C1=CCOC=C1.c1ccc2c(c1)Sc1ccccc1S2.c1ccc2cocc2c1.c1ccoc1.c1ccsc1. The van der Waals surface area contributed by atoms with Gasteiger partial charge < -0.3 is 13.6 Å². The van der Waals surface area contributed by atoms with Crippen LogP contribution in [0, 0.1) is 0 Å². The summed E-state index contributed by atoms with van der Waals surface area (Å²) in [5.74, 6) is 0. The van der Waals surface area contributed by atoms with Gasteiger partial charge in [-0.2, -0.15) is 11.3 Å². The minimum Gasteiger partial charge on any atom is -0.497 e. The van der Waals surface area contributed by atoms with Crippen LogP contribution in [0.5, 0.6) is 0 Å². The Hall–Kier alpha value is -3.84. The molecule has 0 saturated carbocycles. The molecule has 3 nitrogen and oxygen atoms in total. The largest absolute Gasteiger partial charge is 0.497 e. The number of rotatable bonds is 0. The Labute approximate surface area is 241 Å². The van der Waals surface area contributed by atoms with Crippen LogP contribution >= 0.6 is 34.9 Å². The molecule has 196 valence electrons. The van der Waals surface area contributed by atoms with Gasteiger partial charge in [0.2, 0.25) is 0 Å². The minimum atomic E-state index is 0.733. The number of thiophene rings is 1. The van der Waals surface area contributed by atoms with Crippen LogP contribution < -0.4 is 0 Å². The Balaban J connectivity index is 0.000000122. The van der Waals surface area contributed by atoms with E-state index in [0.29, 0.717) is 0 Å². The molecule has 5 heterocycles. The third-order valence-corrected chi connectivity index (χ3v) is 8.18. The van der Waals surface area contributed by atoms with Crippen LogP contribution in [-0.4, -0.2) is 6.61 Å². The summed E-state index contributed by atoms with van der Waals surface area (Å²) in [6.45, 7) is 0.733. The van der Waals surface area contributed by atoms with Crippen molar-refractivity contribution in [3.05, 3.63) is 157 Å². The molecule has 0 saturated heterocycles. The highest BCUT2D eigenvalue weighted by Crippen LogP contribution is 2.47. The van der Waals surface area contributed by atoms with Crippen LogP contribution in [0.4, 0.5) is 0 Å². The maximum absolute atomic E-state index is 4.96. The number of fused-ring (bicyclic) bond motifs is 3. The van der Waals surface area contributed by atoms with Crippen molar-refractivity contribution >= 4 is 45.6 Å². The van der Waals surface area contributed by atoms with Crippen molar-refractivity contribution in [1.82, 2.24) is 0 Å². The van der Waals surface area contributed by atoms with Crippen LogP contribution in [-0.2, 0) is 4.74 Å². The second-order valence-corrected chi connectivity index (χ2v) is 10.8. The van der Waals surface area contributed by atoms with E-state index in [1.807, 2.05) is 101 Å². The fourth-order valence-corrected chi connectivity index (χ4v) is 5.87. The third kappa shape index (κ3) is 10.1. The second kappa shape index (κ2) is 16.9. The van der Waals surface area contributed by atoms with Crippen LogP contribution in [0.25, 0.3) is 10.8 Å². The molecule has 0 unspecified atom stereocenters. The van der Waals surface area contributed by atoms with Gasteiger partial charge in [0.15, 0.2) is 0 Å². The number of allylic oxidation sites excluding steroid dienone is 2. The smallest absolute Gasteiger partial charge is 0.106 e. The van der Waals surface area contributed by atoms with Crippen LogP contribution in [0.2, 0.25) is 0 Å². The summed E-state index contributed by atoms with van der Waals surface area (Å²) in [6, 6.07) is 32.9. The second-order valence-electron chi connectivity index (χ2n) is 7.77. The predicted octanol–water partition coefficient (Wildman–Crippen LogP) is 10.8. The zero-order chi connectivity index (χ0) is 26.8. The Morgan fingerprint density at radius 2 is 1.03 bits per heavy atom. The molecule has 0 spiro atoms. The molecule has 6 heteroatoms. The highest BCUT2D eigenvalue weighted by molar-refractivity contribution is 8.05. The van der Waals surface area contributed by atoms with Crippen molar-refractivity contribution in [3.63, 3.8) is 0 Å². The van der Waals surface area contributed by atoms with E-state index in [1.165, 1.54) is 19.6 Å². The van der Waals surface area contributed by atoms with E-state index in [9.17, 15) is 0 Å². The Morgan fingerprint density at radius 3 is 1.33 bits per heavy atom. The summed E-state index contributed by atoms with van der Waals surface area (Å²) in [5.41, 5.74) is 0. The van der Waals surface area contributed by atoms with Crippen molar-refractivity contribution in [2.24, 2.45) is 0 Å². The Kier molecular flexibility index (Phi) is 12.2. The highest BCUT2D eigenvalue weighted by atomic mass is 32.2. The maximum atomic E-state index is 4.96. The number of benzene rings is 3. The minimum absolute atomic E-state index is 0.733. The monoisotopic (exact) mass is 568 g/mol. The van der Waals surface area contributed by atoms with Crippen molar-refractivity contribution in [1.29, 1.82) is 0 Å². The van der Waals surface area contributed by atoms with Gasteiger partial charge in [0, 0.05) is 30.4 Å². The molecule has 0 atom stereocenters. The lowest BCUT2D eigenvalue weighted by Crippen LogP contribution is -1.87. The molecule has 0 radical (unpaired) electrons. The number of furan rings is 2. The molecule has 0 fully saturated rings. The van der Waals surface area contributed by atoms with Gasteiger partial charge >= 0.3 is 0 Å². The van der Waals surface area contributed by atoms with Crippen LogP contribution in [0.1, 0.15) is 0 Å². The average Bonchev–Trinajstić information content (AvgIpc) is 3.83. The molecule has 0 N–H and O–H groups in total. The number of hydrogen-bond donors (Lipinski definition) is 0. The Morgan fingerprint density at radius 1 is 0.513 bits per heavy atom. The summed E-state index contributed by atoms with van der Waals surface area (Å²) in [6.07, 6.45) is 14.2. The van der Waals surface area contributed by atoms with E-state index in [4.69, 9.17) is 9.15 Å². The first-order valence-electron chi connectivity index (χ1n) is 12.2. The van der Waals surface area contributed by atoms with Gasteiger partial charge in [-0.3, -0.25) is 0 Å². The summed E-state index contributed by atoms with van der Waals surface area (Å²) < 4.78 is 14.4. The summed E-state index contributed by atoms with van der Waals surface area (Å²) in [4.78, 5) is 5.49. The van der Waals surface area contributed by atoms with E-state index in [0.717, 1.165) is 17.4 Å². The third-order valence-electron chi connectivity index (χ3n) is 4.99. The van der Waals surface area contributed by atoms with E-state index in [1.54, 1.807) is 42.7 Å². The number of ether oxygens (including phenoxy) is 1. The molecule has 8 rings (SSSR count). The first-order valence-corrected chi connectivity index (χ1v) is 14.8. The van der Waals surface area contributed by atoms with Crippen molar-refractivity contribution in [2.75, 3.05) is 6.61 Å². The van der Waals surface area contributed by atoms with E-state index >= 15 is 0 Å². The van der Waals surface area contributed by atoms with Gasteiger partial charge in [0.05, 0.1) is 31.3 Å². The molecule has 0 aliphatic carbocycles. The van der Waals surface area contributed by atoms with Crippen LogP contribution in [0.15, 0.2) is 186 Å². The molecule has 0 amide bonds. The standard InChI is InChI=1S/C12H8S2.C8H6O.C5H6O.C4H4O.C4H4S/c1-2-6-10-9(5-1)13-11-7-3-4-8-12(11)14-10;1-2-4-8-6-9-5-7(8)3-1;1-2-4-6-5-3-1;2*1-2-4-5-3-1/h1-8H;1-6H;1-4H,5H2;2*1-4H. The van der Waals surface area contributed by atoms with Gasteiger partial charge in [-0.05, 0) is 59.3 Å². The summed E-state index contributed by atoms with van der Waals surface area (Å²) in [5, 5.41) is 6.41. The van der Waals surface area contributed by atoms with Crippen molar-refractivity contribution < 1.29 is 13.6 Å². The van der Waals surface area contributed by atoms with Gasteiger partial charge in [-0.25, -0.2) is 0 Å². The average molecular weight is 569 g/mol. The first-order chi connectivity index (χ1) is 19.4. The zero-order valence-corrected chi connectivity index (χ0v) is 23.6. The molecule has 3 aromatic carbocycles. The summed E-state index contributed by atoms with van der Waals surface area (Å²) in [7, 11) is 0. The summed E-state index contributed by atoms with van der Waals surface area (Å²) >= 11 is 5.44. The predicted molar refractivity (Wildman–Crippen MR) is 165 cm³/mol. The van der Waals surface area contributed by atoms with E-state index < -0.39 is 0 Å². The van der Waals surface area contributed by atoms with E-state index in [-0.39, 0.29) is 0 Å². The molecule has 2 aliphatic rings. The molecule has 0 bridgehead atoms. The fraction of sp³-hybridized carbons (Fsp3) is 0.0303. The normalized spacial score (nSPS) is 11.8. The molecule has 3 aromatic heterocycles. The molecule has 6 aromatic rings. The first kappa shape index (κ1) is 28.2. The van der Waals surface area contributed by atoms with Crippen molar-refractivity contribution in [3.8, 4) is 0 Å². The zero-order valence-electron chi connectivity index (χ0n) is 21.2.